The molecule has 3 aromatic carbocycles. The quantitative estimate of drug-likeness (QED) is 0.251. The van der Waals surface area contributed by atoms with E-state index in [1.54, 1.807) is 19.1 Å². The summed E-state index contributed by atoms with van der Waals surface area (Å²) in [5.74, 6) is -0.339. The van der Waals surface area contributed by atoms with Gasteiger partial charge < -0.3 is 4.74 Å². The third kappa shape index (κ3) is 4.96. The van der Waals surface area contributed by atoms with Gasteiger partial charge in [-0.3, -0.25) is 10.1 Å². The van der Waals surface area contributed by atoms with E-state index in [-0.39, 0.29) is 11.6 Å². The number of hydrogen-bond acceptors (Lipinski definition) is 5. The van der Waals surface area contributed by atoms with Crippen LogP contribution in [0.5, 0.6) is 0 Å². The van der Waals surface area contributed by atoms with Crippen molar-refractivity contribution in [1.29, 1.82) is 0 Å². The highest BCUT2D eigenvalue weighted by atomic mass is 35.5. The number of nitrogens with zero attached hydrogens (tertiary/aromatic N) is 1. The van der Waals surface area contributed by atoms with Gasteiger partial charge in [-0.1, -0.05) is 66.2 Å². The maximum atomic E-state index is 15.0. The molecule has 1 heterocycles. The van der Waals surface area contributed by atoms with Crippen LogP contribution < -0.4 is 5.32 Å². The summed E-state index contributed by atoms with van der Waals surface area (Å²) in [4.78, 5) is 25.5. The Kier molecular flexibility index (Phi) is 7.07. The second-order valence-electron chi connectivity index (χ2n) is 9.58. The van der Waals surface area contributed by atoms with Crippen LogP contribution >= 0.6 is 23.1 Å². The SMILES string of the molecule is CC(=O)C1(c2ccc(-c3ccc(-c4snc(C)c4NC(=O)O[C@H](C)c4ccccc4Cl)cc3)cc2F)CC1. The number of ketones is 1. The zero-order valence-corrected chi connectivity index (χ0v) is 22.8. The van der Waals surface area contributed by atoms with Gasteiger partial charge in [0, 0.05) is 16.1 Å². The van der Waals surface area contributed by atoms with Crippen LogP contribution in [0.4, 0.5) is 14.9 Å². The first-order valence-electron chi connectivity index (χ1n) is 12.3. The standard InChI is InChI=1S/C30H26ClFN2O3S/c1-17-27(33-29(36)37-18(2)23-6-4-5-7-25(23)31)28(38-34-17)21-10-8-20(9-11-21)22-12-13-24(26(32)16-22)30(14-15-30)19(3)35/h4-13,16,18H,14-15H2,1-3H3,(H,33,36)/t18-/m1/s1. The lowest BCUT2D eigenvalue weighted by atomic mass is 9.90. The Hall–Kier alpha value is -3.55. The Labute approximate surface area is 229 Å². The summed E-state index contributed by atoms with van der Waals surface area (Å²) in [6, 6.07) is 19.9. The molecule has 1 fully saturated rings. The van der Waals surface area contributed by atoms with Crippen LogP contribution in [0.3, 0.4) is 0 Å². The van der Waals surface area contributed by atoms with Gasteiger partial charge >= 0.3 is 6.09 Å². The van der Waals surface area contributed by atoms with Crippen molar-refractivity contribution < 1.29 is 18.7 Å². The van der Waals surface area contributed by atoms with Crippen LogP contribution in [-0.4, -0.2) is 16.3 Å². The second-order valence-corrected chi connectivity index (χ2v) is 10.8. The number of nitrogens with one attached hydrogen (secondary N) is 1. The first-order valence-corrected chi connectivity index (χ1v) is 13.4. The van der Waals surface area contributed by atoms with E-state index in [1.165, 1.54) is 24.5 Å². The van der Waals surface area contributed by atoms with Gasteiger partial charge in [-0.2, -0.15) is 4.37 Å². The number of halogens is 2. The number of ether oxygens (including phenoxy) is 1. The third-order valence-electron chi connectivity index (χ3n) is 7.11. The molecule has 0 saturated heterocycles. The average molecular weight is 549 g/mol. The Bertz CT molecular complexity index is 1530. The van der Waals surface area contributed by atoms with Gasteiger partial charge in [0.05, 0.1) is 21.7 Å². The van der Waals surface area contributed by atoms with E-state index in [0.29, 0.717) is 34.8 Å². The molecule has 5 nitrogen and oxygen atoms in total. The van der Waals surface area contributed by atoms with Gasteiger partial charge in [0.25, 0.3) is 0 Å². The molecule has 1 aliphatic carbocycles. The van der Waals surface area contributed by atoms with Crippen molar-refractivity contribution in [3.8, 4) is 21.6 Å². The maximum absolute atomic E-state index is 15.0. The molecule has 1 atom stereocenters. The fourth-order valence-electron chi connectivity index (χ4n) is 4.71. The molecule has 4 aromatic rings. The highest BCUT2D eigenvalue weighted by molar-refractivity contribution is 7.10. The monoisotopic (exact) mass is 548 g/mol. The van der Waals surface area contributed by atoms with E-state index >= 15 is 0 Å². The molecule has 0 aliphatic heterocycles. The predicted octanol–water partition coefficient (Wildman–Crippen LogP) is 8.51. The van der Waals surface area contributed by atoms with Crippen LogP contribution in [0.15, 0.2) is 66.7 Å². The van der Waals surface area contributed by atoms with Crippen molar-refractivity contribution in [3.05, 3.63) is 94.4 Å². The van der Waals surface area contributed by atoms with Crippen LogP contribution in [0.2, 0.25) is 5.02 Å². The van der Waals surface area contributed by atoms with Crippen molar-refractivity contribution in [2.45, 2.75) is 45.1 Å². The van der Waals surface area contributed by atoms with E-state index in [4.69, 9.17) is 16.3 Å². The Morgan fingerprint density at radius 1 is 1.05 bits per heavy atom. The lowest BCUT2D eigenvalue weighted by Crippen LogP contribution is -2.18. The summed E-state index contributed by atoms with van der Waals surface area (Å²) in [5, 5.41) is 3.36. The molecule has 1 saturated carbocycles. The number of aromatic nitrogens is 1. The number of Topliss-reactive ketones (excluding diaryl/α,β-unsaturated/α-hetero) is 1. The number of hydrogen-bond donors (Lipinski definition) is 1. The van der Waals surface area contributed by atoms with Gasteiger partial charge in [0.2, 0.25) is 0 Å². The summed E-state index contributed by atoms with van der Waals surface area (Å²) in [5.41, 5.74) is 4.24. The lowest BCUT2D eigenvalue weighted by molar-refractivity contribution is -0.119. The first-order chi connectivity index (χ1) is 18.2. The molecule has 1 amide bonds. The summed E-state index contributed by atoms with van der Waals surface area (Å²) < 4.78 is 24.9. The summed E-state index contributed by atoms with van der Waals surface area (Å²) >= 11 is 7.50. The Morgan fingerprint density at radius 3 is 2.34 bits per heavy atom. The van der Waals surface area contributed by atoms with Gasteiger partial charge in [0.1, 0.15) is 17.7 Å². The number of anilines is 1. The second kappa shape index (κ2) is 10.3. The average Bonchev–Trinajstić information content (AvgIpc) is 3.63. The number of amides is 1. The fourth-order valence-corrected chi connectivity index (χ4v) is 5.85. The lowest BCUT2D eigenvalue weighted by Gasteiger charge is -2.16. The summed E-state index contributed by atoms with van der Waals surface area (Å²) in [6.45, 7) is 5.11. The highest BCUT2D eigenvalue weighted by Crippen LogP contribution is 2.50. The van der Waals surface area contributed by atoms with E-state index in [9.17, 15) is 14.0 Å². The van der Waals surface area contributed by atoms with Crippen molar-refractivity contribution in [3.63, 3.8) is 0 Å². The molecular formula is C30H26ClFN2O3S. The minimum atomic E-state index is -0.647. The zero-order valence-electron chi connectivity index (χ0n) is 21.2. The van der Waals surface area contributed by atoms with Gasteiger partial charge in [-0.05, 0) is 74.0 Å². The predicted molar refractivity (Wildman–Crippen MR) is 149 cm³/mol. The smallest absolute Gasteiger partial charge is 0.412 e. The number of carbonyl (C=O) groups excluding carboxylic acids is 2. The van der Waals surface area contributed by atoms with E-state index in [0.717, 1.165) is 27.1 Å². The number of aryl methyl sites for hydroxylation is 1. The van der Waals surface area contributed by atoms with Crippen LogP contribution in [0.1, 0.15) is 49.6 Å². The first kappa shape index (κ1) is 26.1. The molecule has 0 spiro atoms. The van der Waals surface area contributed by atoms with Crippen molar-refractivity contribution >= 4 is 40.7 Å². The molecule has 0 radical (unpaired) electrons. The van der Waals surface area contributed by atoms with Crippen LogP contribution in [0.25, 0.3) is 21.6 Å². The molecule has 1 aliphatic rings. The van der Waals surface area contributed by atoms with E-state index in [2.05, 4.69) is 9.69 Å². The third-order valence-corrected chi connectivity index (χ3v) is 8.44. The van der Waals surface area contributed by atoms with Crippen LogP contribution in [0, 0.1) is 12.7 Å². The minimum absolute atomic E-state index is 0.0139. The molecule has 5 rings (SSSR count). The molecular weight excluding hydrogens is 523 g/mol. The topological polar surface area (TPSA) is 68.3 Å². The van der Waals surface area contributed by atoms with Crippen molar-refractivity contribution in [2.75, 3.05) is 5.32 Å². The molecule has 8 heteroatoms. The normalized spacial score (nSPS) is 14.6. The summed E-state index contributed by atoms with van der Waals surface area (Å²) in [6.07, 6.45) is 0.262. The molecule has 0 bridgehead atoms. The number of benzene rings is 3. The zero-order chi connectivity index (χ0) is 27.0. The van der Waals surface area contributed by atoms with Crippen molar-refractivity contribution in [1.82, 2.24) is 4.37 Å². The fraction of sp³-hybridized carbons (Fsp3) is 0.233. The molecule has 1 aromatic heterocycles. The van der Waals surface area contributed by atoms with Crippen LogP contribution in [-0.2, 0) is 14.9 Å². The summed E-state index contributed by atoms with van der Waals surface area (Å²) in [7, 11) is 0. The van der Waals surface area contributed by atoms with Crippen molar-refractivity contribution in [2.24, 2.45) is 0 Å². The molecule has 194 valence electrons. The number of rotatable bonds is 7. The maximum Gasteiger partial charge on any atom is 0.412 e. The molecule has 38 heavy (non-hydrogen) atoms. The van der Waals surface area contributed by atoms with Gasteiger partial charge in [-0.25, -0.2) is 9.18 Å². The number of carbonyl (C=O) groups is 2. The van der Waals surface area contributed by atoms with E-state index < -0.39 is 17.6 Å². The molecule has 0 unspecified atom stereocenters. The van der Waals surface area contributed by atoms with E-state index in [1.807, 2.05) is 55.5 Å². The Morgan fingerprint density at radius 2 is 1.71 bits per heavy atom. The molecule has 1 N–H and O–H groups in total. The minimum Gasteiger partial charge on any atom is -0.441 e. The van der Waals surface area contributed by atoms with Gasteiger partial charge in [0.15, 0.2) is 0 Å². The van der Waals surface area contributed by atoms with Gasteiger partial charge in [-0.15, -0.1) is 0 Å². The largest absolute Gasteiger partial charge is 0.441 e. The Balaban J connectivity index is 1.33. The highest BCUT2D eigenvalue weighted by Gasteiger charge is 2.50.